The van der Waals surface area contributed by atoms with E-state index < -0.39 is 0 Å². The molecule has 0 aromatic rings. The third-order valence-electron chi connectivity index (χ3n) is 5.91. The molecule has 1 unspecified atom stereocenters. The minimum absolute atomic E-state index is 0.231. The molecule has 0 aromatic carbocycles. The van der Waals surface area contributed by atoms with Gasteiger partial charge in [0, 0.05) is 52.5 Å². The molecule has 0 aromatic heterocycles. The summed E-state index contributed by atoms with van der Waals surface area (Å²) in [5.74, 6) is 1.62. The van der Waals surface area contributed by atoms with Gasteiger partial charge in [-0.25, -0.2) is 0 Å². The molecule has 1 aliphatic carbocycles. The smallest absolute Gasteiger partial charge is 0.191 e. The summed E-state index contributed by atoms with van der Waals surface area (Å²) in [6.45, 7) is 17.0. The number of nitrogens with zero attached hydrogens (tertiary/aromatic N) is 2. The van der Waals surface area contributed by atoms with Gasteiger partial charge in [0.2, 0.25) is 0 Å². The maximum Gasteiger partial charge on any atom is 0.191 e. The molecule has 0 spiro atoms. The summed E-state index contributed by atoms with van der Waals surface area (Å²) in [7, 11) is 0. The van der Waals surface area contributed by atoms with Gasteiger partial charge in [-0.1, -0.05) is 26.7 Å². The molecule has 0 bridgehead atoms. The number of guanidine groups is 1. The van der Waals surface area contributed by atoms with E-state index in [4.69, 9.17) is 14.5 Å². The molecule has 1 atom stereocenters. The molecule has 6 heteroatoms. The second kappa shape index (κ2) is 12.7. The van der Waals surface area contributed by atoms with Crippen LogP contribution in [0.5, 0.6) is 0 Å². The highest BCUT2D eigenvalue weighted by Gasteiger charge is 2.33. The van der Waals surface area contributed by atoms with Gasteiger partial charge in [-0.2, -0.15) is 0 Å². The van der Waals surface area contributed by atoms with Crippen molar-refractivity contribution < 1.29 is 9.47 Å². The zero-order valence-electron chi connectivity index (χ0n) is 18.8. The lowest BCUT2D eigenvalue weighted by Gasteiger charge is -2.34. The van der Waals surface area contributed by atoms with Crippen LogP contribution in [0, 0.1) is 11.3 Å². The highest BCUT2D eigenvalue weighted by atomic mass is 16.5. The van der Waals surface area contributed by atoms with E-state index in [-0.39, 0.29) is 6.10 Å². The van der Waals surface area contributed by atoms with Crippen molar-refractivity contribution in [3.63, 3.8) is 0 Å². The average molecular weight is 397 g/mol. The number of nitrogens with one attached hydrogen (secondary N) is 2. The van der Waals surface area contributed by atoms with Gasteiger partial charge in [0.05, 0.1) is 12.7 Å². The fourth-order valence-corrected chi connectivity index (χ4v) is 4.43. The Kier molecular flexibility index (Phi) is 10.6. The number of hydrogen-bond acceptors (Lipinski definition) is 4. The van der Waals surface area contributed by atoms with Crippen LogP contribution in [0.2, 0.25) is 0 Å². The van der Waals surface area contributed by atoms with Gasteiger partial charge in [0.15, 0.2) is 5.96 Å². The topological polar surface area (TPSA) is 58.1 Å². The molecular weight excluding hydrogens is 352 g/mol. The van der Waals surface area contributed by atoms with Crippen LogP contribution in [0.15, 0.2) is 4.99 Å². The second-order valence-corrected chi connectivity index (χ2v) is 8.88. The van der Waals surface area contributed by atoms with Gasteiger partial charge >= 0.3 is 0 Å². The number of morpholine rings is 1. The van der Waals surface area contributed by atoms with Crippen LogP contribution in [0.25, 0.3) is 0 Å². The Bertz CT molecular complexity index is 450. The largest absolute Gasteiger partial charge is 0.382 e. The molecule has 2 fully saturated rings. The normalized spacial score (nSPS) is 23.3. The van der Waals surface area contributed by atoms with Crippen LogP contribution in [0.4, 0.5) is 0 Å². The van der Waals surface area contributed by atoms with Crippen molar-refractivity contribution in [3.8, 4) is 0 Å². The Hall–Kier alpha value is -0.850. The van der Waals surface area contributed by atoms with Crippen molar-refractivity contribution in [1.82, 2.24) is 15.5 Å². The molecule has 6 nitrogen and oxygen atoms in total. The summed E-state index contributed by atoms with van der Waals surface area (Å²) in [5.41, 5.74) is 0.326. The van der Waals surface area contributed by atoms with Gasteiger partial charge in [0.25, 0.3) is 0 Å². The highest BCUT2D eigenvalue weighted by Crippen LogP contribution is 2.41. The predicted molar refractivity (Wildman–Crippen MR) is 117 cm³/mol. The fraction of sp³-hybridized carbons (Fsp3) is 0.955. The number of rotatable bonds is 11. The summed E-state index contributed by atoms with van der Waals surface area (Å²) < 4.78 is 11.6. The lowest BCUT2D eigenvalue weighted by Crippen LogP contribution is -2.50. The molecule has 0 amide bonds. The van der Waals surface area contributed by atoms with E-state index >= 15 is 0 Å². The Balaban J connectivity index is 1.85. The quantitative estimate of drug-likeness (QED) is 0.319. The molecule has 1 saturated carbocycles. The number of aliphatic imine (C=N–C) groups is 1. The first-order valence-electron chi connectivity index (χ1n) is 11.5. The van der Waals surface area contributed by atoms with Gasteiger partial charge in [-0.15, -0.1) is 0 Å². The monoisotopic (exact) mass is 396 g/mol. The van der Waals surface area contributed by atoms with E-state index in [9.17, 15) is 0 Å². The van der Waals surface area contributed by atoms with E-state index in [1.807, 2.05) is 0 Å². The van der Waals surface area contributed by atoms with Gasteiger partial charge in [-0.3, -0.25) is 9.89 Å². The second-order valence-electron chi connectivity index (χ2n) is 8.88. The fourth-order valence-electron chi connectivity index (χ4n) is 4.43. The maximum absolute atomic E-state index is 5.98. The van der Waals surface area contributed by atoms with E-state index in [1.54, 1.807) is 0 Å². The lowest BCUT2D eigenvalue weighted by atomic mass is 9.83. The van der Waals surface area contributed by atoms with Crippen molar-refractivity contribution >= 4 is 5.96 Å². The van der Waals surface area contributed by atoms with Crippen molar-refractivity contribution in [2.24, 2.45) is 16.3 Å². The number of hydrogen-bond donors (Lipinski definition) is 2. The summed E-state index contributed by atoms with van der Waals surface area (Å²) >= 11 is 0. The van der Waals surface area contributed by atoms with Crippen molar-refractivity contribution in [2.75, 3.05) is 59.1 Å². The summed E-state index contributed by atoms with van der Waals surface area (Å²) in [4.78, 5) is 7.49. The van der Waals surface area contributed by atoms with Crippen LogP contribution < -0.4 is 10.6 Å². The van der Waals surface area contributed by atoms with E-state index in [0.29, 0.717) is 11.3 Å². The molecule has 1 heterocycles. The maximum atomic E-state index is 5.98. The first-order chi connectivity index (χ1) is 13.6. The van der Waals surface area contributed by atoms with Crippen LogP contribution in [0.3, 0.4) is 0 Å². The Labute approximate surface area is 172 Å². The Morgan fingerprint density at radius 2 is 2.04 bits per heavy atom. The van der Waals surface area contributed by atoms with Gasteiger partial charge in [-0.05, 0) is 44.4 Å². The van der Waals surface area contributed by atoms with E-state index in [0.717, 1.165) is 71.5 Å². The summed E-state index contributed by atoms with van der Waals surface area (Å²) in [6, 6.07) is 0. The predicted octanol–water partition coefficient (Wildman–Crippen LogP) is 2.89. The van der Waals surface area contributed by atoms with E-state index in [1.165, 1.54) is 25.7 Å². The van der Waals surface area contributed by atoms with E-state index in [2.05, 4.69) is 43.2 Å². The van der Waals surface area contributed by atoms with Gasteiger partial charge in [0.1, 0.15) is 0 Å². The first-order valence-corrected chi connectivity index (χ1v) is 11.5. The molecule has 164 valence electrons. The van der Waals surface area contributed by atoms with Crippen LogP contribution in [-0.2, 0) is 9.47 Å². The Morgan fingerprint density at radius 1 is 1.25 bits per heavy atom. The standard InChI is InChI=1S/C22H44N4O2/c1-5-23-21(24-15-20-17-26(12-14-28-20)16-19(3)4)25-18-22(9-7-8-10-22)11-13-27-6-2/h19-20H,5-18H2,1-4H3,(H2,23,24,25). The van der Waals surface area contributed by atoms with Crippen LogP contribution >= 0.6 is 0 Å². The lowest BCUT2D eigenvalue weighted by molar-refractivity contribution is -0.0284. The zero-order valence-corrected chi connectivity index (χ0v) is 18.8. The first kappa shape index (κ1) is 23.4. The SMILES string of the molecule is CCNC(=NCC1(CCOCC)CCCC1)NCC1CN(CC(C)C)CCO1. The molecule has 1 aliphatic heterocycles. The summed E-state index contributed by atoms with van der Waals surface area (Å²) in [6.07, 6.45) is 6.56. The molecule has 1 saturated heterocycles. The van der Waals surface area contributed by atoms with Crippen LogP contribution in [0.1, 0.15) is 59.8 Å². The molecular formula is C22H44N4O2. The van der Waals surface area contributed by atoms with Crippen molar-refractivity contribution in [1.29, 1.82) is 0 Å². The zero-order chi connectivity index (χ0) is 20.2. The van der Waals surface area contributed by atoms with Crippen molar-refractivity contribution in [3.05, 3.63) is 0 Å². The molecule has 2 rings (SSSR count). The highest BCUT2D eigenvalue weighted by molar-refractivity contribution is 5.79. The minimum Gasteiger partial charge on any atom is -0.382 e. The third kappa shape index (κ3) is 8.26. The molecule has 0 radical (unpaired) electrons. The van der Waals surface area contributed by atoms with Gasteiger partial charge < -0.3 is 20.1 Å². The molecule has 2 aliphatic rings. The van der Waals surface area contributed by atoms with Crippen LogP contribution in [-0.4, -0.2) is 76.1 Å². The number of ether oxygens (including phenoxy) is 2. The minimum atomic E-state index is 0.231. The summed E-state index contributed by atoms with van der Waals surface area (Å²) in [5, 5.41) is 6.94. The molecule has 2 N–H and O–H groups in total. The third-order valence-corrected chi connectivity index (χ3v) is 5.91. The average Bonchev–Trinajstić information content (AvgIpc) is 3.13. The molecule has 28 heavy (non-hydrogen) atoms. The Morgan fingerprint density at radius 3 is 2.71 bits per heavy atom. The van der Waals surface area contributed by atoms with Crippen molar-refractivity contribution in [2.45, 2.75) is 65.9 Å².